The number of aryl methyl sites for hydroxylation is 1. The normalized spacial score (nSPS) is 20.7. The molecule has 2 aliphatic rings. The highest BCUT2D eigenvalue weighted by molar-refractivity contribution is 6.31. The van der Waals surface area contributed by atoms with Gasteiger partial charge in [0.2, 0.25) is 0 Å². The van der Waals surface area contributed by atoms with Gasteiger partial charge in [-0.1, -0.05) is 22.9 Å². The maximum atomic E-state index is 13.2. The number of methoxy groups -OCH3 is 2. The SMILES string of the molecule is COc1cc(OC)cc(N2C(=O)[C@@H]3N=NN(c4ccc(C)c(Cl)c4)[C@H]3C2=O)c1. The second-order valence-corrected chi connectivity index (χ2v) is 6.86. The van der Waals surface area contributed by atoms with Crippen LogP contribution in [0.15, 0.2) is 46.7 Å². The number of halogens is 1. The lowest BCUT2D eigenvalue weighted by Gasteiger charge is -2.21. The molecule has 0 radical (unpaired) electrons. The summed E-state index contributed by atoms with van der Waals surface area (Å²) in [5, 5.41) is 10.1. The van der Waals surface area contributed by atoms with Crippen molar-refractivity contribution in [3.8, 4) is 11.5 Å². The Morgan fingerprint density at radius 1 is 0.964 bits per heavy atom. The van der Waals surface area contributed by atoms with Crippen LogP contribution in [0, 0.1) is 6.92 Å². The second-order valence-electron chi connectivity index (χ2n) is 6.46. The summed E-state index contributed by atoms with van der Waals surface area (Å²) >= 11 is 6.20. The third-order valence-corrected chi connectivity index (χ3v) is 5.20. The zero-order valence-corrected chi connectivity index (χ0v) is 16.2. The Kier molecular flexibility index (Phi) is 4.43. The Bertz CT molecular complexity index is 987. The van der Waals surface area contributed by atoms with Crippen molar-refractivity contribution in [1.82, 2.24) is 0 Å². The third-order valence-electron chi connectivity index (χ3n) is 4.80. The number of fused-ring (bicyclic) bond motifs is 1. The van der Waals surface area contributed by atoms with Crippen LogP contribution < -0.4 is 19.4 Å². The first-order valence-electron chi connectivity index (χ1n) is 8.51. The van der Waals surface area contributed by atoms with Gasteiger partial charge in [0.25, 0.3) is 11.8 Å². The van der Waals surface area contributed by atoms with E-state index in [4.69, 9.17) is 21.1 Å². The van der Waals surface area contributed by atoms with Gasteiger partial charge in [-0.25, -0.2) is 9.91 Å². The number of imide groups is 1. The number of ether oxygens (including phenoxy) is 2. The van der Waals surface area contributed by atoms with Gasteiger partial charge in [0.1, 0.15) is 11.5 Å². The molecule has 4 rings (SSSR count). The molecule has 0 N–H and O–H groups in total. The van der Waals surface area contributed by atoms with Crippen LogP contribution in [0.3, 0.4) is 0 Å². The van der Waals surface area contributed by atoms with Gasteiger partial charge in [-0.05, 0) is 24.6 Å². The minimum absolute atomic E-state index is 0.359. The van der Waals surface area contributed by atoms with Crippen LogP contribution in [-0.4, -0.2) is 38.1 Å². The van der Waals surface area contributed by atoms with Gasteiger partial charge < -0.3 is 9.47 Å². The van der Waals surface area contributed by atoms with Crippen molar-refractivity contribution in [1.29, 1.82) is 0 Å². The van der Waals surface area contributed by atoms with Gasteiger partial charge in [-0.2, -0.15) is 5.11 Å². The molecule has 0 saturated carbocycles. The lowest BCUT2D eigenvalue weighted by atomic mass is 10.1. The van der Waals surface area contributed by atoms with Crippen molar-refractivity contribution in [3.63, 3.8) is 0 Å². The number of carbonyl (C=O) groups is 2. The van der Waals surface area contributed by atoms with Crippen LogP contribution in [-0.2, 0) is 9.59 Å². The fourth-order valence-corrected chi connectivity index (χ4v) is 3.45. The van der Waals surface area contributed by atoms with Crippen LogP contribution in [0.4, 0.5) is 11.4 Å². The first-order chi connectivity index (χ1) is 13.4. The van der Waals surface area contributed by atoms with Crippen LogP contribution in [0.25, 0.3) is 0 Å². The Morgan fingerprint density at radius 3 is 2.25 bits per heavy atom. The molecule has 1 fully saturated rings. The summed E-state index contributed by atoms with van der Waals surface area (Å²) in [6.07, 6.45) is 0. The quantitative estimate of drug-likeness (QED) is 0.736. The summed E-state index contributed by atoms with van der Waals surface area (Å²) in [6.45, 7) is 1.88. The van der Waals surface area contributed by atoms with Gasteiger partial charge in [-0.15, -0.1) is 0 Å². The average Bonchev–Trinajstić information content (AvgIpc) is 3.24. The van der Waals surface area contributed by atoms with Crippen LogP contribution in [0.1, 0.15) is 5.56 Å². The van der Waals surface area contributed by atoms with E-state index in [2.05, 4.69) is 10.3 Å². The third kappa shape index (κ3) is 2.77. The predicted molar refractivity (Wildman–Crippen MR) is 103 cm³/mol. The van der Waals surface area contributed by atoms with Crippen LogP contribution in [0.5, 0.6) is 11.5 Å². The molecular formula is C19H17ClN4O4. The van der Waals surface area contributed by atoms with Crippen molar-refractivity contribution in [2.24, 2.45) is 10.3 Å². The number of hydrogen-bond donors (Lipinski definition) is 0. The molecule has 2 aliphatic heterocycles. The molecule has 2 aromatic rings. The number of rotatable bonds is 4. The molecule has 0 aromatic heterocycles. The highest BCUT2D eigenvalue weighted by Crippen LogP contribution is 2.38. The average molecular weight is 401 g/mol. The lowest BCUT2D eigenvalue weighted by Crippen LogP contribution is -2.39. The monoisotopic (exact) mass is 400 g/mol. The summed E-state index contributed by atoms with van der Waals surface area (Å²) in [6, 6.07) is 8.41. The van der Waals surface area contributed by atoms with Gasteiger partial charge in [-0.3, -0.25) is 9.59 Å². The van der Waals surface area contributed by atoms with E-state index in [-0.39, 0.29) is 0 Å². The van der Waals surface area contributed by atoms with Crippen molar-refractivity contribution >= 4 is 34.8 Å². The number of hydrogen-bond acceptors (Lipinski definition) is 7. The molecule has 1 saturated heterocycles. The number of benzene rings is 2. The summed E-state index contributed by atoms with van der Waals surface area (Å²) in [7, 11) is 3.00. The van der Waals surface area contributed by atoms with E-state index in [0.717, 1.165) is 10.5 Å². The zero-order chi connectivity index (χ0) is 20.0. The molecule has 28 heavy (non-hydrogen) atoms. The van der Waals surface area contributed by atoms with Gasteiger partial charge in [0.15, 0.2) is 12.1 Å². The Balaban J connectivity index is 1.71. The minimum atomic E-state index is -0.912. The first kappa shape index (κ1) is 18.2. The van der Waals surface area contributed by atoms with E-state index in [1.54, 1.807) is 30.3 Å². The van der Waals surface area contributed by atoms with Crippen molar-refractivity contribution in [2.75, 3.05) is 24.1 Å². The van der Waals surface area contributed by atoms with E-state index >= 15 is 0 Å². The lowest BCUT2D eigenvalue weighted by molar-refractivity contribution is -0.121. The highest BCUT2D eigenvalue weighted by atomic mass is 35.5. The summed E-state index contributed by atoms with van der Waals surface area (Å²) in [4.78, 5) is 27.2. The molecule has 0 bridgehead atoms. The molecule has 2 aromatic carbocycles. The van der Waals surface area contributed by atoms with Gasteiger partial charge in [0.05, 0.1) is 25.6 Å². The largest absolute Gasteiger partial charge is 0.497 e. The first-order valence-corrected chi connectivity index (χ1v) is 8.89. The number of amides is 2. The van der Waals surface area contributed by atoms with E-state index in [1.807, 2.05) is 13.0 Å². The maximum Gasteiger partial charge on any atom is 0.263 e. The number of anilines is 2. The van der Waals surface area contributed by atoms with E-state index in [1.165, 1.54) is 19.2 Å². The van der Waals surface area contributed by atoms with Gasteiger partial charge >= 0.3 is 0 Å². The molecular weight excluding hydrogens is 384 g/mol. The summed E-state index contributed by atoms with van der Waals surface area (Å²) in [5.41, 5.74) is 1.85. The molecule has 2 amide bonds. The maximum absolute atomic E-state index is 13.2. The van der Waals surface area contributed by atoms with E-state index in [9.17, 15) is 9.59 Å². The zero-order valence-electron chi connectivity index (χ0n) is 15.4. The predicted octanol–water partition coefficient (Wildman–Crippen LogP) is 3.16. The summed E-state index contributed by atoms with van der Waals surface area (Å²) in [5.74, 6) is 0.0633. The van der Waals surface area contributed by atoms with Crippen LogP contribution >= 0.6 is 11.6 Å². The molecule has 144 valence electrons. The van der Waals surface area contributed by atoms with Crippen LogP contribution in [0.2, 0.25) is 5.02 Å². The molecule has 2 heterocycles. The summed E-state index contributed by atoms with van der Waals surface area (Å²) < 4.78 is 10.5. The Hall–Kier alpha value is -3.13. The smallest absolute Gasteiger partial charge is 0.263 e. The van der Waals surface area contributed by atoms with Crippen molar-refractivity contribution < 1.29 is 19.1 Å². The highest BCUT2D eigenvalue weighted by Gasteiger charge is 2.55. The minimum Gasteiger partial charge on any atom is -0.497 e. The van der Waals surface area contributed by atoms with Gasteiger partial charge in [0, 0.05) is 23.2 Å². The topological polar surface area (TPSA) is 83.8 Å². The molecule has 9 heteroatoms. The fraction of sp³-hybridized carbons (Fsp3) is 0.263. The van der Waals surface area contributed by atoms with E-state index < -0.39 is 23.9 Å². The molecule has 0 aliphatic carbocycles. The molecule has 2 atom stereocenters. The number of nitrogens with zero attached hydrogens (tertiary/aromatic N) is 4. The molecule has 8 nitrogen and oxygen atoms in total. The Labute approximate surface area is 166 Å². The molecule has 0 unspecified atom stereocenters. The Morgan fingerprint density at radius 2 is 1.64 bits per heavy atom. The van der Waals surface area contributed by atoms with Crippen molar-refractivity contribution in [3.05, 3.63) is 47.0 Å². The molecule has 0 spiro atoms. The van der Waals surface area contributed by atoms with E-state index in [0.29, 0.717) is 27.9 Å². The fourth-order valence-electron chi connectivity index (χ4n) is 3.27. The van der Waals surface area contributed by atoms with Crippen molar-refractivity contribution in [2.45, 2.75) is 19.0 Å². The second kappa shape index (κ2) is 6.79. The standard InChI is InChI=1S/C19H17ClN4O4/c1-10-4-5-11(8-15(10)20)24-17-16(21-22-24)18(25)23(19(17)26)12-6-13(27-2)9-14(7-12)28-3/h4-9,16-17H,1-3H3/t16-,17-/m1/s1. The number of carbonyl (C=O) groups excluding carboxylic acids is 2.